The van der Waals surface area contributed by atoms with Crippen LogP contribution in [0.25, 0.3) is 5.57 Å². The minimum atomic E-state index is 0.769. The topological polar surface area (TPSA) is 0 Å². The molecule has 0 amide bonds. The van der Waals surface area contributed by atoms with Crippen LogP contribution in [0.5, 0.6) is 0 Å². The highest BCUT2D eigenvalue weighted by Crippen LogP contribution is 2.19. The molecule has 0 unspecified atom stereocenters. The number of benzene rings is 1. The zero-order valence-electron chi connectivity index (χ0n) is 10.0. The number of allylic oxidation sites excluding steroid dienone is 5. The largest absolute Gasteiger partial charge is 0.0958 e. The van der Waals surface area contributed by atoms with Crippen molar-refractivity contribution >= 4 is 17.2 Å². The average Bonchev–Trinajstić information content (AvgIpc) is 2.25. The molecule has 0 N–H and O–H groups in total. The first-order valence-corrected chi connectivity index (χ1v) is 5.65. The normalized spacial score (nSPS) is 12.8. The van der Waals surface area contributed by atoms with Crippen molar-refractivity contribution in [1.82, 2.24) is 0 Å². The predicted octanol–water partition coefficient (Wildman–Crippen LogP) is 5.27. The highest BCUT2D eigenvalue weighted by Gasteiger charge is 1.95. The highest BCUT2D eigenvalue weighted by molar-refractivity contribution is 6.30. The lowest BCUT2D eigenvalue weighted by atomic mass is 10.1. The summed E-state index contributed by atoms with van der Waals surface area (Å²) in [7, 11) is 0. The highest BCUT2D eigenvalue weighted by atomic mass is 35.5. The maximum absolute atomic E-state index is 5.95. The van der Waals surface area contributed by atoms with Crippen LogP contribution in [0.1, 0.15) is 26.3 Å². The lowest BCUT2D eigenvalue weighted by Gasteiger charge is -2.01. The quantitative estimate of drug-likeness (QED) is 0.623. The number of hydrogen-bond acceptors (Lipinski definition) is 0. The van der Waals surface area contributed by atoms with E-state index in [0.717, 1.165) is 16.2 Å². The van der Waals surface area contributed by atoms with Gasteiger partial charge in [0.15, 0.2) is 0 Å². The first kappa shape index (κ1) is 12.8. The second kappa shape index (κ2) is 5.72. The first-order valence-electron chi connectivity index (χ1n) is 5.27. The van der Waals surface area contributed by atoms with Crippen LogP contribution in [0.4, 0.5) is 0 Å². The van der Waals surface area contributed by atoms with Crippen molar-refractivity contribution in [1.29, 1.82) is 0 Å². The molecule has 0 aliphatic carbocycles. The smallest absolute Gasteiger partial charge is 0.0412 e. The molecule has 0 nitrogen and oxygen atoms in total. The lowest BCUT2D eigenvalue weighted by Crippen LogP contribution is -1.79. The standard InChI is InChI=1S/C15H17Cl/c1-11(2)12(3)8-9-13(4)14-6-5-7-15(16)10-14/h5-10H,1H2,2-4H3/b12-8+,13-9+. The maximum atomic E-state index is 5.95. The molecule has 1 aromatic carbocycles. The summed E-state index contributed by atoms with van der Waals surface area (Å²) in [5.41, 5.74) is 4.64. The third kappa shape index (κ3) is 3.71. The zero-order chi connectivity index (χ0) is 12.1. The molecule has 16 heavy (non-hydrogen) atoms. The van der Waals surface area contributed by atoms with Crippen LogP contribution in [0, 0.1) is 0 Å². The molecule has 84 valence electrons. The van der Waals surface area contributed by atoms with Crippen LogP contribution in [-0.4, -0.2) is 0 Å². The van der Waals surface area contributed by atoms with E-state index in [1.807, 2.05) is 25.1 Å². The maximum Gasteiger partial charge on any atom is 0.0412 e. The molecule has 0 aromatic heterocycles. The molecule has 0 bridgehead atoms. The molecule has 0 spiro atoms. The molecule has 0 saturated heterocycles. The average molecular weight is 233 g/mol. The van der Waals surface area contributed by atoms with Crippen molar-refractivity contribution in [3.63, 3.8) is 0 Å². The molecule has 0 heterocycles. The Morgan fingerprint density at radius 3 is 2.44 bits per heavy atom. The fraction of sp³-hybridized carbons (Fsp3) is 0.200. The van der Waals surface area contributed by atoms with Gasteiger partial charge in [0, 0.05) is 5.02 Å². The van der Waals surface area contributed by atoms with Crippen molar-refractivity contribution in [2.45, 2.75) is 20.8 Å². The SMILES string of the molecule is C=C(C)/C(C)=C/C=C(\C)c1cccc(Cl)c1. The van der Waals surface area contributed by atoms with Gasteiger partial charge in [0.2, 0.25) is 0 Å². The van der Waals surface area contributed by atoms with Crippen LogP contribution < -0.4 is 0 Å². The number of halogens is 1. The summed E-state index contributed by atoms with van der Waals surface area (Å²) >= 11 is 5.95. The second-order valence-corrected chi connectivity index (χ2v) is 4.43. The van der Waals surface area contributed by atoms with E-state index in [1.165, 1.54) is 11.1 Å². The van der Waals surface area contributed by atoms with Gasteiger partial charge in [-0.3, -0.25) is 0 Å². The molecule has 0 radical (unpaired) electrons. The van der Waals surface area contributed by atoms with Gasteiger partial charge >= 0.3 is 0 Å². The van der Waals surface area contributed by atoms with Gasteiger partial charge in [-0.1, -0.05) is 48.0 Å². The fourth-order valence-corrected chi connectivity index (χ4v) is 1.41. The van der Waals surface area contributed by atoms with E-state index in [-0.39, 0.29) is 0 Å². The Bertz CT molecular complexity index is 450. The number of hydrogen-bond donors (Lipinski definition) is 0. The van der Waals surface area contributed by atoms with Gasteiger partial charge in [-0.2, -0.15) is 0 Å². The summed E-state index contributed by atoms with van der Waals surface area (Å²) < 4.78 is 0. The van der Waals surface area contributed by atoms with Crippen molar-refractivity contribution in [2.75, 3.05) is 0 Å². The molecular formula is C15H17Cl. The van der Waals surface area contributed by atoms with Crippen molar-refractivity contribution in [2.24, 2.45) is 0 Å². The molecule has 0 atom stereocenters. The van der Waals surface area contributed by atoms with Crippen molar-refractivity contribution < 1.29 is 0 Å². The second-order valence-electron chi connectivity index (χ2n) is 3.99. The van der Waals surface area contributed by atoms with Gasteiger partial charge in [-0.05, 0) is 49.6 Å². The predicted molar refractivity (Wildman–Crippen MR) is 73.7 cm³/mol. The van der Waals surface area contributed by atoms with E-state index in [0.29, 0.717) is 0 Å². The Morgan fingerprint density at radius 1 is 1.19 bits per heavy atom. The Hall–Kier alpha value is -1.27. The van der Waals surface area contributed by atoms with E-state index in [4.69, 9.17) is 11.6 Å². The van der Waals surface area contributed by atoms with Crippen LogP contribution in [-0.2, 0) is 0 Å². The van der Waals surface area contributed by atoms with Crippen LogP contribution in [0.2, 0.25) is 5.02 Å². The van der Waals surface area contributed by atoms with Crippen LogP contribution in [0.3, 0.4) is 0 Å². The third-order valence-corrected chi connectivity index (χ3v) is 2.77. The first-order chi connectivity index (χ1) is 7.50. The molecule has 0 saturated carbocycles. The van der Waals surface area contributed by atoms with E-state index >= 15 is 0 Å². The Balaban J connectivity index is 2.94. The van der Waals surface area contributed by atoms with Gasteiger partial charge in [-0.15, -0.1) is 0 Å². The van der Waals surface area contributed by atoms with Gasteiger partial charge < -0.3 is 0 Å². The molecule has 0 aliphatic rings. The molecule has 0 aliphatic heterocycles. The zero-order valence-corrected chi connectivity index (χ0v) is 10.8. The van der Waals surface area contributed by atoms with Crippen molar-refractivity contribution in [3.8, 4) is 0 Å². The number of rotatable bonds is 3. The summed E-state index contributed by atoms with van der Waals surface area (Å²) in [5.74, 6) is 0. The lowest BCUT2D eigenvalue weighted by molar-refractivity contribution is 1.36. The molecular weight excluding hydrogens is 216 g/mol. The summed E-state index contributed by atoms with van der Waals surface area (Å²) in [6.45, 7) is 10.0. The minimum Gasteiger partial charge on any atom is -0.0958 e. The fourth-order valence-electron chi connectivity index (χ4n) is 1.22. The van der Waals surface area contributed by atoms with Crippen LogP contribution >= 0.6 is 11.6 Å². The van der Waals surface area contributed by atoms with Crippen molar-refractivity contribution in [3.05, 3.63) is 64.7 Å². The third-order valence-electron chi connectivity index (χ3n) is 2.54. The van der Waals surface area contributed by atoms with Crippen LogP contribution in [0.15, 0.2) is 54.1 Å². The summed E-state index contributed by atoms with van der Waals surface area (Å²) in [6.07, 6.45) is 4.17. The Kier molecular flexibility index (Phi) is 4.57. The molecule has 1 heteroatoms. The van der Waals surface area contributed by atoms with E-state index in [1.54, 1.807) is 0 Å². The minimum absolute atomic E-state index is 0.769. The Morgan fingerprint density at radius 2 is 1.88 bits per heavy atom. The summed E-state index contributed by atoms with van der Waals surface area (Å²) in [4.78, 5) is 0. The van der Waals surface area contributed by atoms with Gasteiger partial charge in [-0.25, -0.2) is 0 Å². The molecule has 0 fully saturated rings. The van der Waals surface area contributed by atoms with E-state index < -0.39 is 0 Å². The van der Waals surface area contributed by atoms with E-state index in [9.17, 15) is 0 Å². The monoisotopic (exact) mass is 232 g/mol. The van der Waals surface area contributed by atoms with Gasteiger partial charge in [0.1, 0.15) is 0 Å². The van der Waals surface area contributed by atoms with Gasteiger partial charge in [0.25, 0.3) is 0 Å². The van der Waals surface area contributed by atoms with Gasteiger partial charge in [0.05, 0.1) is 0 Å². The molecule has 1 aromatic rings. The Labute approximate surface area is 103 Å². The summed E-state index contributed by atoms with van der Waals surface area (Å²) in [5, 5.41) is 0.769. The molecule has 1 rings (SSSR count). The summed E-state index contributed by atoms with van der Waals surface area (Å²) in [6, 6.07) is 7.87. The van der Waals surface area contributed by atoms with E-state index in [2.05, 4.69) is 38.6 Å².